The molecule has 22 heavy (non-hydrogen) atoms. The second-order valence-electron chi connectivity index (χ2n) is 6.21. The van der Waals surface area contributed by atoms with Gasteiger partial charge in [0.05, 0.1) is 18.2 Å². The van der Waals surface area contributed by atoms with E-state index in [1.54, 1.807) is 17.0 Å². The van der Waals surface area contributed by atoms with Gasteiger partial charge in [-0.25, -0.2) is 0 Å². The van der Waals surface area contributed by atoms with Gasteiger partial charge in [-0.05, 0) is 49.9 Å². The van der Waals surface area contributed by atoms with Crippen LogP contribution in [0.15, 0.2) is 24.3 Å². The van der Waals surface area contributed by atoms with E-state index >= 15 is 0 Å². The summed E-state index contributed by atoms with van der Waals surface area (Å²) in [7, 11) is 0. The topological polar surface area (TPSA) is 67.6 Å². The third kappa shape index (κ3) is 2.79. The number of aliphatic hydroxyl groups is 1. The van der Waals surface area contributed by atoms with E-state index in [0.29, 0.717) is 18.5 Å². The maximum atomic E-state index is 12.6. The maximum absolute atomic E-state index is 12.6. The zero-order valence-corrected chi connectivity index (χ0v) is 12.7. The fraction of sp³-hybridized carbons (Fsp3) is 0.529. The first-order chi connectivity index (χ1) is 10.6. The SMILES string of the molecule is N#Cc1ccc(N2CCC[C@](O)(C(=O)N3CCCC3)C2)cc1. The monoisotopic (exact) mass is 299 g/mol. The van der Waals surface area contributed by atoms with Crippen LogP contribution in [-0.2, 0) is 4.79 Å². The van der Waals surface area contributed by atoms with E-state index in [-0.39, 0.29) is 5.91 Å². The molecule has 1 aromatic rings. The Kier molecular flexibility index (Phi) is 4.04. The highest BCUT2D eigenvalue weighted by atomic mass is 16.3. The Morgan fingerprint density at radius 1 is 1.14 bits per heavy atom. The van der Waals surface area contributed by atoms with Crippen LogP contribution in [0, 0.1) is 11.3 Å². The molecule has 0 unspecified atom stereocenters. The van der Waals surface area contributed by atoms with Gasteiger partial charge in [-0.15, -0.1) is 0 Å². The van der Waals surface area contributed by atoms with Crippen molar-refractivity contribution >= 4 is 11.6 Å². The van der Waals surface area contributed by atoms with Gasteiger partial charge in [0.2, 0.25) is 0 Å². The minimum absolute atomic E-state index is 0.122. The molecule has 2 heterocycles. The van der Waals surface area contributed by atoms with E-state index in [1.807, 2.05) is 17.0 Å². The number of anilines is 1. The molecule has 0 aliphatic carbocycles. The molecule has 1 amide bonds. The number of hydrogen-bond acceptors (Lipinski definition) is 4. The highest BCUT2D eigenvalue weighted by Gasteiger charge is 2.43. The number of carbonyl (C=O) groups is 1. The Hall–Kier alpha value is -2.06. The van der Waals surface area contributed by atoms with E-state index < -0.39 is 5.60 Å². The van der Waals surface area contributed by atoms with Gasteiger partial charge < -0.3 is 14.9 Å². The summed E-state index contributed by atoms with van der Waals surface area (Å²) in [5.41, 5.74) is 0.284. The molecule has 116 valence electrons. The standard InChI is InChI=1S/C17H21N3O2/c18-12-14-4-6-15(7-5-14)20-11-3-8-17(22,13-20)16(21)19-9-1-2-10-19/h4-7,22H,1-3,8-11,13H2/t17-/m1/s1. The van der Waals surface area contributed by atoms with Crippen molar-refractivity contribution in [3.8, 4) is 6.07 Å². The summed E-state index contributed by atoms with van der Waals surface area (Å²) < 4.78 is 0. The first-order valence-electron chi connectivity index (χ1n) is 7.89. The normalized spacial score (nSPS) is 25.1. The zero-order valence-electron chi connectivity index (χ0n) is 12.7. The van der Waals surface area contributed by atoms with Gasteiger partial charge in [-0.1, -0.05) is 0 Å². The molecule has 0 bridgehead atoms. The third-order valence-electron chi connectivity index (χ3n) is 4.62. The lowest BCUT2D eigenvalue weighted by Crippen LogP contribution is -2.57. The van der Waals surface area contributed by atoms with Gasteiger partial charge in [-0.2, -0.15) is 5.26 Å². The van der Waals surface area contributed by atoms with Crippen LogP contribution in [0.1, 0.15) is 31.2 Å². The zero-order chi connectivity index (χ0) is 15.6. The lowest BCUT2D eigenvalue weighted by atomic mass is 9.91. The highest BCUT2D eigenvalue weighted by molar-refractivity contribution is 5.86. The maximum Gasteiger partial charge on any atom is 0.256 e. The number of piperidine rings is 1. The fourth-order valence-electron chi connectivity index (χ4n) is 3.39. The van der Waals surface area contributed by atoms with E-state index in [9.17, 15) is 9.90 Å². The molecule has 2 aliphatic heterocycles. The first-order valence-corrected chi connectivity index (χ1v) is 7.89. The number of β-amino-alcohol motifs (C(OH)–C–C–N with tert-alkyl or cyclic N) is 1. The van der Waals surface area contributed by atoms with Crippen molar-refractivity contribution in [2.24, 2.45) is 0 Å². The molecule has 1 N–H and O–H groups in total. The minimum atomic E-state index is -1.28. The van der Waals surface area contributed by atoms with Crippen LogP contribution < -0.4 is 4.90 Å². The predicted octanol–water partition coefficient (Wildman–Crippen LogP) is 1.51. The molecule has 0 saturated carbocycles. The van der Waals surface area contributed by atoms with Crippen molar-refractivity contribution in [3.63, 3.8) is 0 Å². The Morgan fingerprint density at radius 2 is 1.82 bits per heavy atom. The molecular formula is C17H21N3O2. The Bertz CT molecular complexity index is 587. The fourth-order valence-corrected chi connectivity index (χ4v) is 3.39. The van der Waals surface area contributed by atoms with E-state index in [4.69, 9.17) is 5.26 Å². The number of amides is 1. The van der Waals surface area contributed by atoms with Crippen molar-refractivity contribution < 1.29 is 9.90 Å². The largest absolute Gasteiger partial charge is 0.378 e. The van der Waals surface area contributed by atoms with Gasteiger partial charge >= 0.3 is 0 Å². The second kappa shape index (κ2) is 5.98. The Labute approximate surface area is 130 Å². The minimum Gasteiger partial charge on any atom is -0.378 e. The number of hydrogen-bond donors (Lipinski definition) is 1. The molecule has 0 radical (unpaired) electrons. The molecule has 2 aliphatic rings. The van der Waals surface area contributed by atoms with Crippen LogP contribution in [0.25, 0.3) is 0 Å². The van der Waals surface area contributed by atoms with E-state index in [2.05, 4.69) is 6.07 Å². The van der Waals surface area contributed by atoms with Gasteiger partial charge in [0.15, 0.2) is 5.60 Å². The van der Waals surface area contributed by atoms with Crippen molar-refractivity contribution in [1.29, 1.82) is 5.26 Å². The highest BCUT2D eigenvalue weighted by Crippen LogP contribution is 2.28. The smallest absolute Gasteiger partial charge is 0.256 e. The summed E-state index contributed by atoms with van der Waals surface area (Å²) >= 11 is 0. The van der Waals surface area contributed by atoms with Gasteiger partial charge in [-0.3, -0.25) is 4.79 Å². The Morgan fingerprint density at radius 3 is 2.45 bits per heavy atom. The van der Waals surface area contributed by atoms with Gasteiger partial charge in [0, 0.05) is 25.3 Å². The number of carbonyl (C=O) groups excluding carboxylic acids is 1. The molecule has 5 nitrogen and oxygen atoms in total. The van der Waals surface area contributed by atoms with Crippen LogP contribution in [0.3, 0.4) is 0 Å². The summed E-state index contributed by atoms with van der Waals surface area (Å²) in [5.74, 6) is -0.122. The molecule has 2 fully saturated rings. The van der Waals surface area contributed by atoms with Crippen LogP contribution in [0.2, 0.25) is 0 Å². The summed E-state index contributed by atoms with van der Waals surface area (Å²) in [6.07, 6.45) is 3.37. The average molecular weight is 299 g/mol. The van der Waals surface area contributed by atoms with Crippen LogP contribution >= 0.6 is 0 Å². The molecule has 2 saturated heterocycles. The van der Waals surface area contributed by atoms with Crippen molar-refractivity contribution in [1.82, 2.24) is 4.90 Å². The number of nitrogens with zero attached hydrogens (tertiary/aromatic N) is 3. The lowest BCUT2D eigenvalue weighted by molar-refractivity contribution is -0.151. The van der Waals surface area contributed by atoms with Crippen LogP contribution in [-0.4, -0.2) is 47.7 Å². The molecule has 1 atom stereocenters. The first kappa shape index (κ1) is 14.9. The molecule has 5 heteroatoms. The summed E-state index contributed by atoms with van der Waals surface area (Å²) in [6, 6.07) is 9.40. The van der Waals surface area contributed by atoms with E-state index in [0.717, 1.165) is 44.6 Å². The molecule has 0 aromatic heterocycles. The molecule has 3 rings (SSSR count). The van der Waals surface area contributed by atoms with Crippen LogP contribution in [0.4, 0.5) is 5.69 Å². The number of rotatable bonds is 2. The number of nitriles is 1. The van der Waals surface area contributed by atoms with Gasteiger partial charge in [0.25, 0.3) is 5.91 Å². The van der Waals surface area contributed by atoms with Crippen molar-refractivity contribution in [2.75, 3.05) is 31.1 Å². The van der Waals surface area contributed by atoms with Crippen LogP contribution in [0.5, 0.6) is 0 Å². The van der Waals surface area contributed by atoms with Crippen molar-refractivity contribution in [2.45, 2.75) is 31.3 Å². The Balaban J connectivity index is 1.75. The number of likely N-dealkylation sites (tertiary alicyclic amines) is 1. The number of benzene rings is 1. The lowest BCUT2D eigenvalue weighted by Gasteiger charge is -2.41. The van der Waals surface area contributed by atoms with Gasteiger partial charge in [0.1, 0.15) is 0 Å². The predicted molar refractivity (Wildman–Crippen MR) is 83.4 cm³/mol. The van der Waals surface area contributed by atoms with E-state index in [1.165, 1.54) is 0 Å². The quantitative estimate of drug-likeness (QED) is 0.899. The third-order valence-corrected chi connectivity index (χ3v) is 4.62. The average Bonchev–Trinajstić information content (AvgIpc) is 3.08. The summed E-state index contributed by atoms with van der Waals surface area (Å²) in [6.45, 7) is 2.67. The summed E-state index contributed by atoms with van der Waals surface area (Å²) in [4.78, 5) is 16.4. The summed E-state index contributed by atoms with van der Waals surface area (Å²) in [5, 5.41) is 19.7. The van der Waals surface area contributed by atoms with Crippen molar-refractivity contribution in [3.05, 3.63) is 29.8 Å². The second-order valence-corrected chi connectivity index (χ2v) is 6.21. The molecular weight excluding hydrogens is 278 g/mol. The molecule has 0 spiro atoms. The molecule has 1 aromatic carbocycles.